The number of carbonyl (C=O) groups excluding carboxylic acids is 4. The van der Waals surface area contributed by atoms with E-state index in [0.29, 0.717) is 39.3 Å². The fourth-order valence-corrected chi connectivity index (χ4v) is 14.6. The topological polar surface area (TPSA) is 140 Å². The number of thiophene rings is 1. The second-order valence-electron chi connectivity index (χ2n) is 22.9. The fourth-order valence-electron chi connectivity index (χ4n) is 13.2. The van der Waals surface area contributed by atoms with E-state index in [0.717, 1.165) is 129 Å². The van der Waals surface area contributed by atoms with E-state index in [-0.39, 0.29) is 42.7 Å². The number of halogens is 2. The maximum atomic E-state index is 14.1. The first-order chi connectivity index (χ1) is 36.6. The zero-order chi connectivity index (χ0) is 53.3. The molecule has 5 heterocycles. The minimum Gasteiger partial charge on any atom is -0.496 e. The predicted octanol–water partition coefficient (Wildman–Crippen LogP) is 13.1. The summed E-state index contributed by atoms with van der Waals surface area (Å²) in [7, 11) is 5.89. The van der Waals surface area contributed by atoms with Crippen LogP contribution in [0.4, 0.5) is 16.3 Å². The molecule has 10 rings (SSSR count). The van der Waals surface area contributed by atoms with Gasteiger partial charge in [0.1, 0.15) is 17.4 Å². The van der Waals surface area contributed by atoms with Crippen LogP contribution in [0.25, 0.3) is 22.0 Å². The van der Waals surface area contributed by atoms with E-state index in [1.54, 1.807) is 36.6 Å². The molecule has 0 bridgehead atoms. The lowest BCUT2D eigenvalue weighted by Crippen LogP contribution is -2.49. The summed E-state index contributed by atoms with van der Waals surface area (Å²) < 4.78 is 6.04. The molecule has 5 aromatic rings. The number of urea groups is 1. The quantitative estimate of drug-likeness (QED) is 0.111. The first kappa shape index (κ1) is 54.1. The third-order valence-corrected chi connectivity index (χ3v) is 19.4. The lowest BCUT2D eigenvalue weighted by Gasteiger charge is -2.46. The molecule has 3 aromatic carbocycles. The van der Waals surface area contributed by atoms with Gasteiger partial charge in [-0.3, -0.25) is 24.6 Å². The van der Waals surface area contributed by atoms with Gasteiger partial charge in [-0.2, -0.15) is 0 Å². The van der Waals surface area contributed by atoms with Crippen LogP contribution in [0.15, 0.2) is 60.0 Å². The van der Waals surface area contributed by atoms with E-state index in [4.69, 9.17) is 37.9 Å². The number of methoxy groups -OCH3 is 1. The van der Waals surface area contributed by atoms with Crippen molar-refractivity contribution in [1.82, 2.24) is 30.0 Å². The van der Waals surface area contributed by atoms with Crippen LogP contribution in [-0.4, -0.2) is 102 Å². The highest BCUT2D eigenvalue weighted by Crippen LogP contribution is 2.49. The van der Waals surface area contributed by atoms with Crippen LogP contribution in [0.1, 0.15) is 147 Å². The van der Waals surface area contributed by atoms with Crippen molar-refractivity contribution >= 4 is 80.7 Å². The van der Waals surface area contributed by atoms with Crippen LogP contribution in [-0.2, 0) is 16.1 Å². The third-order valence-electron chi connectivity index (χ3n) is 17.7. The molecule has 3 aliphatic heterocycles. The lowest BCUT2D eigenvalue weighted by molar-refractivity contribution is -0.138. The van der Waals surface area contributed by atoms with Crippen LogP contribution in [0.3, 0.4) is 0 Å². The zero-order valence-electron chi connectivity index (χ0n) is 44.9. The molecule has 0 radical (unpaired) electrons. The van der Waals surface area contributed by atoms with Gasteiger partial charge in [0.05, 0.1) is 29.4 Å². The smallest absolute Gasteiger partial charge is 0.328 e. The number of likely N-dealkylation sites (tertiary alicyclic amines) is 2. The van der Waals surface area contributed by atoms with Gasteiger partial charge < -0.3 is 24.8 Å². The Bertz CT molecular complexity index is 2950. The number of piperidine rings is 2. The number of fused-ring (bicyclic) bond motifs is 1. The molecule has 5 amide bonds. The monoisotopic (exact) mass is 1090 g/mol. The summed E-state index contributed by atoms with van der Waals surface area (Å²) in [5.74, 6) is 4.12. The normalized spacial score (nSPS) is 21.1. The molecule has 0 unspecified atom stereocenters. The Hall–Kier alpha value is -5.28. The maximum Gasteiger partial charge on any atom is 0.328 e. The summed E-state index contributed by atoms with van der Waals surface area (Å²) in [4.78, 5) is 70.7. The summed E-state index contributed by atoms with van der Waals surface area (Å²) in [5, 5.41) is 10.4. The summed E-state index contributed by atoms with van der Waals surface area (Å²) in [5.41, 5.74) is 6.70. The second-order valence-corrected chi connectivity index (χ2v) is 24.7. The Morgan fingerprint density at radius 2 is 1.58 bits per heavy atom. The molecule has 2 saturated carbocycles. The van der Waals surface area contributed by atoms with Crippen molar-refractivity contribution in [2.45, 2.75) is 129 Å². The number of rotatable bonds is 14. The maximum absolute atomic E-state index is 14.1. The second kappa shape index (κ2) is 23.4. The Balaban J connectivity index is 0.674. The van der Waals surface area contributed by atoms with Crippen LogP contribution in [0.5, 0.6) is 5.75 Å². The average molecular weight is 1090 g/mol. The number of hydrogen-bond donors (Lipinski definition) is 2. The van der Waals surface area contributed by atoms with E-state index in [1.165, 1.54) is 59.4 Å². The minimum atomic E-state index is -0.517. The molecule has 2 aliphatic carbocycles. The van der Waals surface area contributed by atoms with Gasteiger partial charge in [-0.05, 0) is 187 Å². The first-order valence-electron chi connectivity index (χ1n) is 27.8. The number of benzene rings is 3. The number of carbonyl (C=O) groups is 4. The number of aromatic nitrogens is 2. The van der Waals surface area contributed by atoms with Crippen molar-refractivity contribution in [3.05, 3.63) is 97.4 Å². The highest BCUT2D eigenvalue weighted by atomic mass is 35.5. The van der Waals surface area contributed by atoms with Crippen molar-refractivity contribution in [3.63, 3.8) is 0 Å². The number of imide groups is 1. The summed E-state index contributed by atoms with van der Waals surface area (Å²) in [6.07, 6.45) is 15.5. The molecule has 16 heteroatoms. The predicted molar refractivity (Wildman–Crippen MR) is 305 cm³/mol. The molecular weight excluding hydrogens is 1020 g/mol. The summed E-state index contributed by atoms with van der Waals surface area (Å²) >= 11 is 15.0. The van der Waals surface area contributed by atoms with Crippen molar-refractivity contribution in [1.29, 1.82) is 0 Å². The van der Waals surface area contributed by atoms with E-state index in [2.05, 4.69) is 71.1 Å². The molecule has 2 N–H and O–H groups in total. The van der Waals surface area contributed by atoms with Crippen molar-refractivity contribution in [2.24, 2.45) is 23.2 Å². The van der Waals surface area contributed by atoms with Gasteiger partial charge in [0.15, 0.2) is 0 Å². The molecule has 5 aliphatic rings. The van der Waals surface area contributed by atoms with Crippen molar-refractivity contribution in [3.8, 4) is 16.9 Å². The number of aryl methyl sites for hydroxylation is 1. The van der Waals surface area contributed by atoms with Crippen LogP contribution < -0.4 is 20.3 Å². The van der Waals surface area contributed by atoms with Crippen LogP contribution >= 0.6 is 34.5 Å². The van der Waals surface area contributed by atoms with E-state index in [1.807, 2.05) is 24.0 Å². The van der Waals surface area contributed by atoms with Crippen LogP contribution in [0, 0.1) is 30.1 Å². The minimum absolute atomic E-state index is 0.00892. The number of nitrogens with zero attached hydrogens (tertiary/aromatic N) is 6. The van der Waals surface area contributed by atoms with Gasteiger partial charge >= 0.3 is 6.03 Å². The third kappa shape index (κ3) is 11.9. The summed E-state index contributed by atoms with van der Waals surface area (Å²) in [6, 6.07) is 17.3. The molecule has 76 heavy (non-hydrogen) atoms. The lowest BCUT2D eigenvalue weighted by atomic mass is 9.64. The Kier molecular flexibility index (Phi) is 16.6. The van der Waals surface area contributed by atoms with Crippen molar-refractivity contribution < 1.29 is 23.9 Å². The molecule has 2 aromatic heterocycles. The highest BCUT2D eigenvalue weighted by molar-refractivity contribution is 7.10. The Morgan fingerprint density at radius 1 is 0.855 bits per heavy atom. The van der Waals surface area contributed by atoms with Gasteiger partial charge in [0.25, 0.3) is 5.91 Å². The molecule has 1 atom stereocenters. The number of nitrogens with one attached hydrogen (secondary N) is 2. The van der Waals surface area contributed by atoms with E-state index in [9.17, 15) is 19.2 Å². The molecular formula is C60H74Cl2N8O5S. The van der Waals surface area contributed by atoms with Gasteiger partial charge in [0.2, 0.25) is 11.8 Å². The van der Waals surface area contributed by atoms with E-state index >= 15 is 0 Å². The fraction of sp³-hybridized carbons (Fsp3) is 0.533. The molecule has 1 spiro atoms. The standard InChI is InChI=1S/C60H74Cl2N8O5S/c1-37(53-32-45(36-76-53)55-44(35-67(3)4)7-6-8-49(55)62)63-56-47-33-46(52(75-5)34-50(47)64-38(2)65-56)41-11-13-42(14-12-41)57(72)68-26-19-40(20-27-68)10-9-39-17-22-60(23-18-39)24-29-69(30-25-60)58(73)43-15-16-48(61)51(31-43)70-28-21-54(71)66-59(70)74/h6-8,15-16,31-34,36-37,39-42H,9-14,17-30,35H2,1-5H3,(H,63,64,65)(H,66,71,74)/t37-,41?,42?/m1/s1. The SMILES string of the molecule is COc1cc2nc(C)nc(N[C@H](C)c3cc(-c4c(Cl)cccc4CN(C)C)cs3)c2cc1C1CCC(C(=O)N2CCC(CCC3CCC4(CC3)CCN(C(=O)c3ccc(Cl)c(N5CCC(=O)NC5=O)c3)CC4)CC2)CC1. The van der Waals surface area contributed by atoms with Gasteiger partial charge in [-0.1, -0.05) is 48.2 Å². The number of ether oxygens (including phenoxy) is 1. The number of amides is 5. The number of hydrogen-bond acceptors (Lipinski definition) is 10. The average Bonchev–Trinajstić information content (AvgIpc) is 3.91. The van der Waals surface area contributed by atoms with Gasteiger partial charge in [-0.25, -0.2) is 14.8 Å². The molecule has 404 valence electrons. The zero-order valence-corrected chi connectivity index (χ0v) is 47.2. The van der Waals surface area contributed by atoms with E-state index < -0.39 is 6.03 Å². The molecule has 13 nitrogen and oxygen atoms in total. The Morgan fingerprint density at radius 3 is 2.28 bits per heavy atom. The highest BCUT2D eigenvalue weighted by Gasteiger charge is 2.40. The van der Waals surface area contributed by atoms with Gasteiger partial charge in [0, 0.05) is 84.1 Å². The molecule has 3 saturated heterocycles. The first-order valence-corrected chi connectivity index (χ1v) is 29.4. The largest absolute Gasteiger partial charge is 0.496 e. The van der Waals surface area contributed by atoms with Crippen LogP contribution in [0.2, 0.25) is 10.0 Å². The van der Waals surface area contributed by atoms with Gasteiger partial charge in [-0.15, -0.1) is 11.3 Å². The number of anilines is 2. The Labute approximate surface area is 462 Å². The molecule has 5 fully saturated rings. The van der Waals surface area contributed by atoms with Crippen molar-refractivity contribution in [2.75, 3.05) is 64.1 Å². The summed E-state index contributed by atoms with van der Waals surface area (Å²) in [6.45, 7) is 8.35.